The molecular formula is C33H34F6N4O5. The third kappa shape index (κ3) is 10.9. The Labute approximate surface area is 272 Å². The second-order valence-corrected chi connectivity index (χ2v) is 10.3. The van der Waals surface area contributed by atoms with Crippen molar-refractivity contribution in [3.05, 3.63) is 108 Å². The van der Waals surface area contributed by atoms with Crippen LogP contribution in [-0.4, -0.2) is 61.7 Å². The molecule has 3 aromatic carbocycles. The zero-order valence-corrected chi connectivity index (χ0v) is 25.7. The summed E-state index contributed by atoms with van der Waals surface area (Å²) in [7, 11) is 0. The van der Waals surface area contributed by atoms with Gasteiger partial charge in [0.25, 0.3) is 0 Å². The van der Waals surface area contributed by atoms with Crippen LogP contribution in [0.3, 0.4) is 0 Å². The normalized spacial score (nSPS) is 12.8. The van der Waals surface area contributed by atoms with Gasteiger partial charge in [0.05, 0.1) is 42.9 Å². The van der Waals surface area contributed by atoms with Gasteiger partial charge in [0, 0.05) is 5.56 Å². The van der Waals surface area contributed by atoms with E-state index in [0.717, 1.165) is 29.4 Å². The van der Waals surface area contributed by atoms with Crippen molar-refractivity contribution in [2.75, 3.05) is 31.1 Å². The minimum atomic E-state index is -4.61. The van der Waals surface area contributed by atoms with E-state index >= 15 is 4.39 Å². The van der Waals surface area contributed by atoms with Crippen LogP contribution in [0.25, 0.3) is 5.57 Å². The van der Waals surface area contributed by atoms with Crippen LogP contribution in [0.2, 0.25) is 0 Å². The number of carbonyl (C=O) groups is 2. The van der Waals surface area contributed by atoms with Crippen LogP contribution in [0.4, 0.5) is 42.5 Å². The number of aliphatic hydroxyl groups excluding tert-OH is 1. The van der Waals surface area contributed by atoms with Crippen LogP contribution < -0.4 is 26.0 Å². The van der Waals surface area contributed by atoms with Crippen molar-refractivity contribution in [2.45, 2.75) is 31.7 Å². The smallest absolute Gasteiger partial charge is 0.412 e. The Hall–Kier alpha value is -4.86. The van der Waals surface area contributed by atoms with Gasteiger partial charge < -0.3 is 30.9 Å². The molecule has 48 heavy (non-hydrogen) atoms. The van der Waals surface area contributed by atoms with Crippen molar-refractivity contribution in [1.82, 2.24) is 10.6 Å². The quantitative estimate of drug-likeness (QED) is 0.120. The predicted octanol–water partition coefficient (Wildman–Crippen LogP) is 5.70. The molecule has 0 aliphatic carbocycles. The number of hydrogen-bond acceptors (Lipinski definition) is 7. The Morgan fingerprint density at radius 1 is 1.04 bits per heavy atom. The molecule has 0 radical (unpaired) electrons. The van der Waals surface area contributed by atoms with Gasteiger partial charge in [-0.05, 0) is 79.6 Å². The Morgan fingerprint density at radius 3 is 2.38 bits per heavy atom. The van der Waals surface area contributed by atoms with Crippen LogP contribution in [0.5, 0.6) is 5.75 Å². The number of nitrogens with one attached hydrogen (secondary N) is 2. The van der Waals surface area contributed by atoms with Gasteiger partial charge in [-0.3, -0.25) is 9.69 Å². The molecule has 0 bridgehead atoms. The summed E-state index contributed by atoms with van der Waals surface area (Å²) in [4.78, 5) is 25.7. The van der Waals surface area contributed by atoms with Crippen molar-refractivity contribution in [1.29, 1.82) is 0 Å². The van der Waals surface area contributed by atoms with Crippen LogP contribution in [0.15, 0.2) is 79.6 Å². The fraction of sp³-hybridized carbons (Fsp3) is 0.273. The van der Waals surface area contributed by atoms with Gasteiger partial charge in [-0.1, -0.05) is 24.8 Å². The largest absolute Gasteiger partial charge is 0.485 e. The second-order valence-electron chi connectivity index (χ2n) is 10.3. The monoisotopic (exact) mass is 680 g/mol. The molecule has 3 rings (SSSR count). The maximum absolute atomic E-state index is 15.3. The number of carbonyl (C=O) groups excluding carboxylic acids is 2. The van der Waals surface area contributed by atoms with E-state index in [9.17, 15) is 36.6 Å². The van der Waals surface area contributed by atoms with E-state index in [-0.39, 0.29) is 35.7 Å². The average molecular weight is 681 g/mol. The van der Waals surface area contributed by atoms with Crippen LogP contribution >= 0.6 is 0 Å². The molecule has 15 heteroatoms. The number of nitrogens with two attached hydrogens (primary N) is 1. The van der Waals surface area contributed by atoms with E-state index in [4.69, 9.17) is 10.5 Å². The number of amides is 2. The average Bonchev–Trinajstić information content (AvgIpc) is 3.04. The third-order valence-corrected chi connectivity index (χ3v) is 6.72. The molecule has 9 nitrogen and oxygen atoms in total. The summed E-state index contributed by atoms with van der Waals surface area (Å²) in [6.45, 7) is 3.23. The first-order valence-corrected chi connectivity index (χ1v) is 14.5. The topological polar surface area (TPSA) is 126 Å². The van der Waals surface area contributed by atoms with Gasteiger partial charge >= 0.3 is 12.3 Å². The number of anilines is 2. The molecule has 0 aliphatic heterocycles. The van der Waals surface area contributed by atoms with E-state index in [2.05, 4.69) is 16.6 Å². The Kier molecular flexibility index (Phi) is 13.6. The molecule has 1 unspecified atom stereocenters. The molecule has 2 amide bonds. The number of rotatable bonds is 15. The first kappa shape index (κ1) is 37.6. The molecule has 0 aromatic heterocycles. The molecule has 0 aliphatic rings. The number of nitrogens with zero attached hydrogens (tertiary/aromatic N) is 1. The Balaban J connectivity index is 1.79. The molecule has 3 aromatic rings. The fourth-order valence-electron chi connectivity index (χ4n) is 4.37. The molecular weight excluding hydrogens is 646 g/mol. The van der Waals surface area contributed by atoms with Gasteiger partial charge in [0.1, 0.15) is 18.2 Å². The number of para-hydroxylation sites is 1. The number of benzene rings is 3. The summed E-state index contributed by atoms with van der Waals surface area (Å²) in [6.07, 6.45) is -4.42. The molecule has 0 fully saturated rings. The van der Waals surface area contributed by atoms with Crippen molar-refractivity contribution in [2.24, 2.45) is 5.73 Å². The Morgan fingerprint density at radius 2 is 1.73 bits per heavy atom. The SMILES string of the molecule is C=C(c1ccc(F)cc1)c1ccc(F)cc1N(C(=O)CN)c1cccc(F)c1O[C@@H](C)CCNC(/C=C/OC(=O)NCC(F)(F)F)CO. The van der Waals surface area contributed by atoms with Gasteiger partial charge in [-0.25, -0.2) is 18.0 Å². The van der Waals surface area contributed by atoms with E-state index in [1.54, 1.807) is 6.92 Å². The lowest BCUT2D eigenvalue weighted by molar-refractivity contribution is -0.123. The standard InChI is InChI=1S/C33H34F6N4O5/c1-20(12-14-41-25(18-44)13-15-47-32(46)42-19-33(37,38)39)48-31-27(36)4-3-5-28(31)43(30(45)17-40)29-16-24(35)10-11-26(29)21(2)22-6-8-23(34)9-7-22/h3-11,13,15-16,20,25,41,44H,2,12,14,17-19,40H2,1H3,(H,42,46)/b15-13+/t20-,25?/m0/s1. The fourth-order valence-corrected chi connectivity index (χ4v) is 4.37. The van der Waals surface area contributed by atoms with Crippen molar-refractivity contribution in [3.8, 4) is 5.75 Å². The molecule has 258 valence electrons. The first-order chi connectivity index (χ1) is 22.7. The number of alkyl halides is 3. The highest BCUT2D eigenvalue weighted by atomic mass is 19.4. The van der Waals surface area contributed by atoms with Crippen molar-refractivity contribution < 1.29 is 50.5 Å². The second kappa shape index (κ2) is 17.3. The maximum Gasteiger partial charge on any atom is 0.412 e. The van der Waals surface area contributed by atoms with Crippen molar-refractivity contribution in [3.63, 3.8) is 0 Å². The van der Waals surface area contributed by atoms with E-state index in [1.807, 2.05) is 0 Å². The van der Waals surface area contributed by atoms with Gasteiger partial charge in [0.15, 0.2) is 11.6 Å². The lowest BCUT2D eigenvalue weighted by atomic mass is 9.97. The van der Waals surface area contributed by atoms with Crippen molar-refractivity contribution >= 4 is 28.9 Å². The minimum absolute atomic E-state index is 0.0172. The van der Waals surface area contributed by atoms with Crippen LogP contribution in [0.1, 0.15) is 24.5 Å². The summed E-state index contributed by atoms with van der Waals surface area (Å²) >= 11 is 0. The first-order valence-electron chi connectivity index (χ1n) is 14.5. The van der Waals surface area contributed by atoms with Crippen LogP contribution in [-0.2, 0) is 9.53 Å². The number of hydrogen-bond donors (Lipinski definition) is 4. The number of alkyl carbamates (subject to hydrolysis) is 1. The number of halogens is 6. The van der Waals surface area contributed by atoms with Gasteiger partial charge in [-0.2, -0.15) is 13.2 Å². The highest BCUT2D eigenvalue weighted by Crippen LogP contribution is 2.41. The third-order valence-electron chi connectivity index (χ3n) is 6.72. The maximum atomic E-state index is 15.3. The van der Waals surface area contributed by atoms with E-state index < -0.39 is 67.5 Å². The molecule has 0 saturated carbocycles. The summed E-state index contributed by atoms with van der Waals surface area (Å²) in [6, 6.07) is 12.0. The number of ether oxygens (including phenoxy) is 2. The predicted molar refractivity (Wildman–Crippen MR) is 167 cm³/mol. The summed E-state index contributed by atoms with van der Waals surface area (Å²) in [5, 5.41) is 14.0. The van der Waals surface area contributed by atoms with E-state index in [1.165, 1.54) is 53.9 Å². The summed E-state index contributed by atoms with van der Waals surface area (Å²) in [5.41, 5.74) is 6.70. The molecule has 0 saturated heterocycles. The Bertz CT molecular complexity index is 1600. The van der Waals surface area contributed by atoms with E-state index in [0.29, 0.717) is 11.1 Å². The minimum Gasteiger partial charge on any atom is -0.485 e. The molecule has 0 heterocycles. The zero-order chi connectivity index (χ0) is 35.4. The summed E-state index contributed by atoms with van der Waals surface area (Å²) < 4.78 is 90.6. The number of aliphatic hydroxyl groups is 1. The summed E-state index contributed by atoms with van der Waals surface area (Å²) in [5.74, 6) is -3.11. The van der Waals surface area contributed by atoms with Gasteiger partial charge in [0.2, 0.25) is 5.91 Å². The lowest BCUT2D eigenvalue weighted by Crippen LogP contribution is -2.35. The van der Waals surface area contributed by atoms with Gasteiger partial charge in [-0.15, -0.1) is 0 Å². The molecule has 2 atom stereocenters. The highest BCUT2D eigenvalue weighted by molar-refractivity contribution is 6.05. The zero-order valence-electron chi connectivity index (χ0n) is 25.7. The highest BCUT2D eigenvalue weighted by Gasteiger charge is 2.29. The molecule has 0 spiro atoms. The lowest BCUT2D eigenvalue weighted by Gasteiger charge is -2.29. The van der Waals surface area contributed by atoms with Crippen LogP contribution in [0, 0.1) is 17.5 Å². The molecule has 5 N–H and O–H groups in total.